The monoisotopic (exact) mass is 489 g/mol. The zero-order valence-corrected chi connectivity index (χ0v) is 20.2. The van der Waals surface area contributed by atoms with Crippen molar-refractivity contribution >= 4 is 22.8 Å². The molecule has 3 aliphatic heterocycles. The van der Waals surface area contributed by atoms with E-state index >= 15 is 0 Å². The van der Waals surface area contributed by atoms with E-state index in [0.717, 1.165) is 38.0 Å². The van der Waals surface area contributed by atoms with Crippen molar-refractivity contribution < 1.29 is 14.3 Å². The summed E-state index contributed by atoms with van der Waals surface area (Å²) in [5, 5.41) is 6.89. The van der Waals surface area contributed by atoms with Gasteiger partial charge in [0.15, 0.2) is 5.82 Å². The maximum atomic E-state index is 12.3. The third-order valence-electron chi connectivity index (χ3n) is 7.29. The molecule has 1 atom stereocenters. The molecule has 10 heteroatoms. The molecule has 36 heavy (non-hydrogen) atoms. The molecule has 3 aliphatic rings. The molecule has 3 saturated heterocycles. The number of benzene rings is 1. The highest BCUT2D eigenvalue weighted by atomic mass is 16.5. The van der Waals surface area contributed by atoms with Gasteiger partial charge in [-0.3, -0.25) is 9.69 Å². The van der Waals surface area contributed by atoms with Crippen LogP contribution in [0.15, 0.2) is 36.7 Å². The first-order valence-corrected chi connectivity index (χ1v) is 12.6. The van der Waals surface area contributed by atoms with Crippen LogP contribution < -0.4 is 16.4 Å². The van der Waals surface area contributed by atoms with Gasteiger partial charge in [0.25, 0.3) is 5.91 Å². The van der Waals surface area contributed by atoms with Crippen LogP contribution in [0, 0.1) is 0 Å². The Bertz CT molecular complexity index is 1220. The normalized spacial score (nSPS) is 24.5. The van der Waals surface area contributed by atoms with E-state index in [-0.39, 0.29) is 6.04 Å². The molecule has 188 valence electrons. The number of hydrogen-bond acceptors (Lipinski definition) is 9. The highest BCUT2D eigenvalue weighted by Crippen LogP contribution is 2.28. The number of nitrogens with one attached hydrogen (secondary N) is 2. The lowest BCUT2D eigenvalue weighted by Gasteiger charge is -2.45. The highest BCUT2D eigenvalue weighted by Gasteiger charge is 2.35. The Kier molecular flexibility index (Phi) is 6.49. The summed E-state index contributed by atoms with van der Waals surface area (Å²) in [6.07, 6.45) is 3.59. The van der Waals surface area contributed by atoms with Crippen molar-refractivity contribution in [1.29, 1.82) is 0 Å². The van der Waals surface area contributed by atoms with Gasteiger partial charge in [-0.15, -0.1) is 0 Å². The molecule has 0 unspecified atom stereocenters. The fourth-order valence-electron chi connectivity index (χ4n) is 5.36. The van der Waals surface area contributed by atoms with Crippen molar-refractivity contribution in [2.24, 2.45) is 5.73 Å². The summed E-state index contributed by atoms with van der Waals surface area (Å²) in [5.41, 5.74) is 9.89. The van der Waals surface area contributed by atoms with Crippen LogP contribution in [-0.2, 0) is 16.0 Å². The predicted octanol–water partition coefficient (Wildman–Crippen LogP) is 1.55. The molecular weight excluding hydrogens is 458 g/mol. The van der Waals surface area contributed by atoms with Crippen LogP contribution >= 0.6 is 0 Å². The Balaban J connectivity index is 1.30. The zero-order valence-electron chi connectivity index (χ0n) is 20.2. The molecule has 5 heterocycles. The van der Waals surface area contributed by atoms with E-state index in [4.69, 9.17) is 20.2 Å². The van der Waals surface area contributed by atoms with E-state index in [2.05, 4.69) is 37.6 Å². The summed E-state index contributed by atoms with van der Waals surface area (Å²) in [7, 11) is 0. The van der Waals surface area contributed by atoms with Crippen molar-refractivity contribution in [3.63, 3.8) is 0 Å². The topological polar surface area (TPSA) is 128 Å². The van der Waals surface area contributed by atoms with Crippen LogP contribution in [0.3, 0.4) is 0 Å². The Morgan fingerprint density at radius 3 is 2.50 bits per heavy atom. The molecule has 0 radical (unpaired) electrons. The molecule has 4 N–H and O–H groups in total. The lowest BCUT2D eigenvalue weighted by Crippen LogP contribution is -2.58. The number of primary amides is 1. The minimum absolute atomic E-state index is 0.240. The van der Waals surface area contributed by atoms with Gasteiger partial charge in [-0.05, 0) is 31.0 Å². The van der Waals surface area contributed by atoms with Crippen LogP contribution in [0.4, 0.5) is 5.82 Å². The maximum Gasteiger partial charge on any atom is 0.251 e. The second-order valence-corrected chi connectivity index (χ2v) is 9.78. The van der Waals surface area contributed by atoms with Crippen molar-refractivity contribution in [2.75, 3.05) is 44.8 Å². The maximum absolute atomic E-state index is 12.3. The van der Waals surface area contributed by atoms with Gasteiger partial charge < -0.3 is 25.8 Å². The smallest absolute Gasteiger partial charge is 0.251 e. The third kappa shape index (κ3) is 4.64. The van der Waals surface area contributed by atoms with E-state index in [0.29, 0.717) is 66.6 Å². The SMILES string of the molecule is NC(=O)c1cc(-c2ccc(CN3C4COCC3COC4)cc2)nc2c(N[C@H]3CCCNC3)ncnc12. The molecule has 2 bridgehead atoms. The number of aromatic nitrogens is 3. The summed E-state index contributed by atoms with van der Waals surface area (Å²) in [6.45, 7) is 5.56. The molecule has 1 amide bonds. The molecule has 6 rings (SSSR count). The van der Waals surface area contributed by atoms with Crippen molar-refractivity contribution in [1.82, 2.24) is 25.2 Å². The number of carbonyl (C=O) groups is 1. The Hall–Kier alpha value is -3.18. The molecule has 0 spiro atoms. The lowest BCUT2D eigenvalue weighted by molar-refractivity contribution is -0.140. The molecule has 10 nitrogen and oxygen atoms in total. The number of nitrogens with two attached hydrogens (primary N) is 1. The van der Waals surface area contributed by atoms with Gasteiger partial charge in [0.2, 0.25) is 0 Å². The Labute approximate surface area is 209 Å². The molecular formula is C26H31N7O3. The average Bonchev–Trinajstić information content (AvgIpc) is 2.89. The number of fused-ring (bicyclic) bond motifs is 3. The zero-order chi connectivity index (χ0) is 24.5. The fraction of sp³-hybridized carbons (Fsp3) is 0.462. The van der Waals surface area contributed by atoms with Gasteiger partial charge in [0.1, 0.15) is 17.4 Å². The number of anilines is 1. The van der Waals surface area contributed by atoms with E-state index in [9.17, 15) is 4.79 Å². The first kappa shape index (κ1) is 23.2. The average molecular weight is 490 g/mol. The first-order chi connectivity index (χ1) is 17.7. The van der Waals surface area contributed by atoms with Crippen LogP contribution in [0.1, 0.15) is 28.8 Å². The number of amides is 1. The fourth-order valence-corrected chi connectivity index (χ4v) is 5.36. The van der Waals surface area contributed by atoms with Gasteiger partial charge in [-0.25, -0.2) is 15.0 Å². The molecule has 0 saturated carbocycles. The van der Waals surface area contributed by atoms with Crippen LogP contribution in [-0.4, -0.2) is 83.4 Å². The number of morpholine rings is 2. The number of pyridine rings is 1. The third-order valence-corrected chi connectivity index (χ3v) is 7.29. The van der Waals surface area contributed by atoms with E-state index in [1.807, 2.05) is 12.1 Å². The minimum atomic E-state index is -0.537. The molecule has 3 aromatic rings. The summed E-state index contributed by atoms with van der Waals surface area (Å²) < 4.78 is 11.4. The summed E-state index contributed by atoms with van der Waals surface area (Å²) in [5.74, 6) is 0.0843. The van der Waals surface area contributed by atoms with Gasteiger partial charge >= 0.3 is 0 Å². The number of nitrogens with zero attached hydrogens (tertiary/aromatic N) is 4. The number of piperidine rings is 1. The van der Waals surface area contributed by atoms with Crippen molar-refractivity contribution in [3.8, 4) is 11.3 Å². The summed E-state index contributed by atoms with van der Waals surface area (Å²) >= 11 is 0. The number of hydrogen-bond donors (Lipinski definition) is 3. The van der Waals surface area contributed by atoms with Crippen LogP contribution in [0.2, 0.25) is 0 Å². The molecule has 2 aromatic heterocycles. The van der Waals surface area contributed by atoms with Gasteiger partial charge in [0.05, 0.1) is 49.8 Å². The first-order valence-electron chi connectivity index (χ1n) is 12.6. The summed E-state index contributed by atoms with van der Waals surface area (Å²) in [4.78, 5) is 28.5. The van der Waals surface area contributed by atoms with E-state index in [1.165, 1.54) is 11.9 Å². The standard InChI is InChI=1S/C26H31N7O3/c27-25(34)21-8-22(32-24-23(21)29-15-30-26(24)31-18-2-1-7-28-9-18)17-5-3-16(4-6-17)10-33-19-11-35-13-20(33)14-36-12-19/h3-6,8,15,18-20,28H,1-2,7,9-14H2,(H2,27,34)(H,29,30,31)/t18-,19?,20?/m0/s1. The summed E-state index contributed by atoms with van der Waals surface area (Å²) in [6, 6.07) is 10.9. The van der Waals surface area contributed by atoms with Crippen LogP contribution in [0.5, 0.6) is 0 Å². The molecule has 0 aliphatic carbocycles. The lowest BCUT2D eigenvalue weighted by atomic mass is 10.0. The number of rotatable bonds is 6. The highest BCUT2D eigenvalue weighted by molar-refractivity contribution is 6.06. The second kappa shape index (κ2) is 10.1. The quantitative estimate of drug-likeness (QED) is 0.473. The predicted molar refractivity (Wildman–Crippen MR) is 136 cm³/mol. The van der Waals surface area contributed by atoms with Gasteiger partial charge in [-0.1, -0.05) is 24.3 Å². The van der Waals surface area contributed by atoms with Crippen LogP contribution in [0.25, 0.3) is 22.3 Å². The second-order valence-electron chi connectivity index (χ2n) is 9.78. The largest absolute Gasteiger partial charge is 0.378 e. The number of carbonyl (C=O) groups excluding carboxylic acids is 1. The Morgan fingerprint density at radius 2 is 1.83 bits per heavy atom. The number of ether oxygens (including phenoxy) is 2. The Morgan fingerprint density at radius 1 is 1.08 bits per heavy atom. The van der Waals surface area contributed by atoms with E-state index in [1.54, 1.807) is 6.07 Å². The van der Waals surface area contributed by atoms with Gasteiger partial charge in [-0.2, -0.15) is 0 Å². The van der Waals surface area contributed by atoms with Crippen molar-refractivity contribution in [3.05, 3.63) is 47.8 Å². The minimum Gasteiger partial charge on any atom is -0.378 e. The van der Waals surface area contributed by atoms with Gasteiger partial charge in [0, 0.05) is 24.7 Å². The molecule has 1 aromatic carbocycles. The van der Waals surface area contributed by atoms with Crippen molar-refractivity contribution in [2.45, 2.75) is 37.5 Å². The van der Waals surface area contributed by atoms with E-state index < -0.39 is 5.91 Å². The molecule has 3 fully saturated rings.